The van der Waals surface area contributed by atoms with Crippen LogP contribution in [0.3, 0.4) is 0 Å². The topological polar surface area (TPSA) is 64.6 Å². The minimum Gasteiger partial charge on any atom is -0.494 e. The van der Waals surface area contributed by atoms with Gasteiger partial charge in [-0.25, -0.2) is 4.79 Å². The fourth-order valence-corrected chi connectivity index (χ4v) is 3.90. The zero-order chi connectivity index (χ0) is 22.2. The van der Waals surface area contributed by atoms with Gasteiger partial charge in [-0.2, -0.15) is 0 Å². The van der Waals surface area contributed by atoms with E-state index in [-0.39, 0.29) is 5.91 Å². The summed E-state index contributed by atoms with van der Waals surface area (Å²) < 4.78 is 10.5. The number of anilines is 1. The summed E-state index contributed by atoms with van der Waals surface area (Å²) in [6.45, 7) is 2.44. The molecule has 160 valence electrons. The molecule has 3 aromatic rings. The number of hydrogen-bond acceptors (Lipinski definition) is 5. The molecule has 0 radical (unpaired) electrons. The number of halogens is 1. The van der Waals surface area contributed by atoms with Crippen molar-refractivity contribution in [1.82, 2.24) is 0 Å². The summed E-state index contributed by atoms with van der Waals surface area (Å²) in [7, 11) is 1.30. The first-order valence-electron chi connectivity index (χ1n) is 9.64. The second kappa shape index (κ2) is 10.9. The lowest BCUT2D eigenvalue weighted by Gasteiger charge is -2.13. The van der Waals surface area contributed by atoms with E-state index >= 15 is 0 Å². The van der Waals surface area contributed by atoms with Crippen LogP contribution in [0.4, 0.5) is 5.69 Å². The first kappa shape index (κ1) is 22.7. The van der Waals surface area contributed by atoms with Crippen molar-refractivity contribution in [3.8, 4) is 5.75 Å². The van der Waals surface area contributed by atoms with Crippen molar-refractivity contribution in [3.63, 3.8) is 0 Å². The van der Waals surface area contributed by atoms with Crippen LogP contribution in [0.1, 0.15) is 33.2 Å². The second-order valence-corrected chi connectivity index (χ2v) is 7.97. The maximum atomic E-state index is 12.9. The maximum Gasteiger partial charge on any atom is 0.339 e. The normalized spacial score (nSPS) is 10.4. The number of thioether (sulfide) groups is 1. The number of carbonyl (C=O) groups excluding carboxylic acids is 2. The van der Waals surface area contributed by atoms with E-state index in [0.29, 0.717) is 34.2 Å². The summed E-state index contributed by atoms with van der Waals surface area (Å²) in [5.41, 5.74) is 2.05. The van der Waals surface area contributed by atoms with Crippen molar-refractivity contribution >= 4 is 40.9 Å². The number of methoxy groups -OCH3 is 1. The minimum atomic E-state index is -0.511. The maximum absolute atomic E-state index is 12.9. The Kier molecular flexibility index (Phi) is 7.98. The summed E-state index contributed by atoms with van der Waals surface area (Å²) >= 11 is 7.58. The number of ether oxygens (including phenoxy) is 2. The minimum absolute atomic E-state index is 0.294. The Bertz CT molecular complexity index is 1070. The largest absolute Gasteiger partial charge is 0.494 e. The van der Waals surface area contributed by atoms with Crippen LogP contribution >= 0.6 is 23.4 Å². The van der Waals surface area contributed by atoms with Crippen molar-refractivity contribution in [1.29, 1.82) is 0 Å². The molecular weight excluding hydrogens is 434 g/mol. The van der Waals surface area contributed by atoms with Gasteiger partial charge in [0, 0.05) is 26.8 Å². The van der Waals surface area contributed by atoms with Gasteiger partial charge >= 0.3 is 5.97 Å². The number of amides is 1. The molecule has 0 fully saturated rings. The first-order chi connectivity index (χ1) is 15.0. The molecule has 0 aliphatic heterocycles. The van der Waals surface area contributed by atoms with Crippen molar-refractivity contribution in [2.45, 2.75) is 17.6 Å². The zero-order valence-corrected chi connectivity index (χ0v) is 18.8. The molecular formula is C24H22ClNO4S. The lowest BCUT2D eigenvalue weighted by molar-refractivity contribution is 0.0602. The molecule has 0 atom stereocenters. The van der Waals surface area contributed by atoms with Gasteiger partial charge in [-0.05, 0) is 61.5 Å². The number of benzene rings is 3. The van der Waals surface area contributed by atoms with Crippen LogP contribution in [0.5, 0.6) is 5.75 Å². The van der Waals surface area contributed by atoms with Gasteiger partial charge < -0.3 is 14.8 Å². The number of para-hydroxylation sites is 1. The van der Waals surface area contributed by atoms with E-state index in [1.165, 1.54) is 7.11 Å². The van der Waals surface area contributed by atoms with Crippen LogP contribution in [0, 0.1) is 0 Å². The molecule has 0 bridgehead atoms. The standard InChI is InChI=1S/C24H22ClNO4S/c1-3-30-22-13-8-16(14-17(22)15-31-19-11-9-18(25)10-12-19)23(27)26-21-7-5-4-6-20(21)24(28)29-2/h4-14H,3,15H2,1-2H3,(H,26,27). The Labute approximate surface area is 190 Å². The molecule has 5 nitrogen and oxygen atoms in total. The predicted octanol–water partition coefficient (Wildman–Crippen LogP) is 6.07. The Morgan fingerprint density at radius 3 is 2.48 bits per heavy atom. The lowest BCUT2D eigenvalue weighted by atomic mass is 10.1. The molecule has 31 heavy (non-hydrogen) atoms. The smallest absolute Gasteiger partial charge is 0.339 e. The third-order valence-electron chi connectivity index (χ3n) is 4.41. The average Bonchev–Trinajstić information content (AvgIpc) is 2.79. The van der Waals surface area contributed by atoms with Gasteiger partial charge in [0.2, 0.25) is 0 Å². The van der Waals surface area contributed by atoms with Crippen LogP contribution in [0.2, 0.25) is 5.02 Å². The predicted molar refractivity (Wildman–Crippen MR) is 124 cm³/mol. The van der Waals surface area contributed by atoms with Gasteiger partial charge in [-0.1, -0.05) is 23.7 Å². The van der Waals surface area contributed by atoms with Crippen LogP contribution in [0.15, 0.2) is 71.6 Å². The second-order valence-electron chi connectivity index (χ2n) is 6.49. The van der Waals surface area contributed by atoms with E-state index < -0.39 is 5.97 Å². The highest BCUT2D eigenvalue weighted by Crippen LogP contribution is 2.30. The Balaban J connectivity index is 1.81. The fourth-order valence-electron chi connectivity index (χ4n) is 2.90. The number of carbonyl (C=O) groups is 2. The van der Waals surface area contributed by atoms with E-state index in [2.05, 4.69) is 5.32 Å². The molecule has 0 aliphatic rings. The number of hydrogen-bond donors (Lipinski definition) is 1. The molecule has 1 amide bonds. The van der Waals surface area contributed by atoms with Crippen LogP contribution < -0.4 is 10.1 Å². The fraction of sp³-hybridized carbons (Fsp3) is 0.167. The first-order valence-corrected chi connectivity index (χ1v) is 11.0. The quantitative estimate of drug-likeness (QED) is 0.330. The van der Waals surface area contributed by atoms with Crippen molar-refractivity contribution in [2.24, 2.45) is 0 Å². The van der Waals surface area contributed by atoms with Crippen molar-refractivity contribution in [2.75, 3.05) is 19.0 Å². The molecule has 0 unspecified atom stereocenters. The highest BCUT2D eigenvalue weighted by atomic mass is 35.5. The summed E-state index contributed by atoms with van der Waals surface area (Å²) in [5.74, 6) is 0.520. The molecule has 0 saturated heterocycles. The van der Waals surface area contributed by atoms with E-state index in [1.807, 2.05) is 37.3 Å². The molecule has 0 saturated carbocycles. The van der Waals surface area contributed by atoms with E-state index in [1.54, 1.807) is 48.2 Å². The molecule has 0 aromatic heterocycles. The Morgan fingerprint density at radius 1 is 1.03 bits per heavy atom. The molecule has 0 aliphatic carbocycles. The summed E-state index contributed by atoms with van der Waals surface area (Å²) in [5, 5.41) is 3.48. The molecule has 3 aromatic carbocycles. The summed E-state index contributed by atoms with van der Waals surface area (Å²) in [6.07, 6.45) is 0. The van der Waals surface area contributed by atoms with Crippen LogP contribution in [0.25, 0.3) is 0 Å². The van der Waals surface area contributed by atoms with Gasteiger partial charge in [-0.15, -0.1) is 11.8 Å². The van der Waals surface area contributed by atoms with Gasteiger partial charge in [0.05, 0.1) is 25.0 Å². The van der Waals surface area contributed by atoms with Gasteiger partial charge in [0.1, 0.15) is 5.75 Å². The number of esters is 1. The summed E-state index contributed by atoms with van der Waals surface area (Å²) in [6, 6.07) is 19.6. The van der Waals surface area contributed by atoms with Crippen molar-refractivity contribution in [3.05, 3.63) is 88.4 Å². The average molecular weight is 456 g/mol. The molecule has 7 heteroatoms. The van der Waals surface area contributed by atoms with E-state index in [0.717, 1.165) is 16.2 Å². The molecule has 0 spiro atoms. The van der Waals surface area contributed by atoms with Gasteiger partial charge in [0.15, 0.2) is 0 Å². The Hall–Kier alpha value is -2.96. The molecule has 1 N–H and O–H groups in total. The van der Waals surface area contributed by atoms with Gasteiger partial charge in [0.25, 0.3) is 5.91 Å². The molecule has 3 rings (SSSR count). The third kappa shape index (κ3) is 6.03. The number of rotatable bonds is 8. The zero-order valence-electron chi connectivity index (χ0n) is 17.2. The number of nitrogens with one attached hydrogen (secondary N) is 1. The lowest BCUT2D eigenvalue weighted by Crippen LogP contribution is -2.15. The van der Waals surface area contributed by atoms with Gasteiger partial charge in [-0.3, -0.25) is 4.79 Å². The third-order valence-corrected chi connectivity index (χ3v) is 5.72. The van der Waals surface area contributed by atoms with Crippen molar-refractivity contribution < 1.29 is 19.1 Å². The van der Waals surface area contributed by atoms with Crippen LogP contribution in [-0.2, 0) is 10.5 Å². The SMILES string of the molecule is CCOc1ccc(C(=O)Nc2ccccc2C(=O)OC)cc1CSc1ccc(Cl)cc1. The van der Waals surface area contributed by atoms with E-state index in [9.17, 15) is 9.59 Å². The molecule has 0 heterocycles. The summed E-state index contributed by atoms with van der Waals surface area (Å²) in [4.78, 5) is 25.9. The van der Waals surface area contributed by atoms with Crippen LogP contribution in [-0.4, -0.2) is 25.6 Å². The monoisotopic (exact) mass is 455 g/mol. The highest BCUT2D eigenvalue weighted by Gasteiger charge is 2.16. The Morgan fingerprint density at radius 2 is 1.77 bits per heavy atom. The highest BCUT2D eigenvalue weighted by molar-refractivity contribution is 7.98. The van der Waals surface area contributed by atoms with E-state index in [4.69, 9.17) is 21.1 Å².